The molecule has 33 heavy (non-hydrogen) atoms. The standard InChI is InChI=1S/C24H24Cl2N4O3/c25-17-9-7-16(8-10-17)23-28-22(33-29-23)6-4-5-21(31)27-20-15-18(26)11-12-19(20)24(32)30-13-2-1-3-14-30/h7-12,15H,1-6,13-14H2,(H,27,31). The van der Waals surface area contributed by atoms with E-state index in [1.807, 2.05) is 17.0 Å². The third-order valence-electron chi connectivity index (χ3n) is 5.49. The fourth-order valence-corrected chi connectivity index (χ4v) is 4.06. The lowest BCUT2D eigenvalue weighted by molar-refractivity contribution is -0.116. The first kappa shape index (κ1) is 23.3. The van der Waals surface area contributed by atoms with E-state index in [1.165, 1.54) is 0 Å². The molecule has 1 fully saturated rings. The maximum absolute atomic E-state index is 12.9. The third kappa shape index (κ3) is 6.12. The summed E-state index contributed by atoms with van der Waals surface area (Å²) in [5, 5.41) is 7.92. The fourth-order valence-electron chi connectivity index (χ4n) is 3.76. The van der Waals surface area contributed by atoms with Crippen molar-refractivity contribution in [1.82, 2.24) is 15.0 Å². The number of hydrogen-bond acceptors (Lipinski definition) is 5. The molecule has 7 nitrogen and oxygen atoms in total. The van der Waals surface area contributed by atoms with Crippen LogP contribution in [-0.4, -0.2) is 39.9 Å². The maximum Gasteiger partial charge on any atom is 0.255 e. The zero-order valence-corrected chi connectivity index (χ0v) is 19.5. The van der Waals surface area contributed by atoms with E-state index in [2.05, 4.69) is 15.5 Å². The van der Waals surface area contributed by atoms with E-state index in [0.717, 1.165) is 37.9 Å². The van der Waals surface area contributed by atoms with Crippen LogP contribution in [-0.2, 0) is 11.2 Å². The average Bonchev–Trinajstić information content (AvgIpc) is 3.29. The van der Waals surface area contributed by atoms with Crippen LogP contribution < -0.4 is 5.32 Å². The van der Waals surface area contributed by atoms with Gasteiger partial charge in [-0.3, -0.25) is 9.59 Å². The molecule has 2 aromatic carbocycles. The molecular formula is C24H24Cl2N4O3. The van der Waals surface area contributed by atoms with Crippen molar-refractivity contribution in [1.29, 1.82) is 0 Å². The van der Waals surface area contributed by atoms with Crippen molar-refractivity contribution >= 4 is 40.7 Å². The normalized spacial score (nSPS) is 13.7. The fraction of sp³-hybridized carbons (Fsp3) is 0.333. The Morgan fingerprint density at radius 3 is 2.48 bits per heavy atom. The molecule has 0 radical (unpaired) electrons. The smallest absolute Gasteiger partial charge is 0.255 e. The number of aromatic nitrogens is 2. The van der Waals surface area contributed by atoms with Gasteiger partial charge in [-0.1, -0.05) is 28.4 Å². The second-order valence-corrected chi connectivity index (χ2v) is 8.84. The van der Waals surface area contributed by atoms with Gasteiger partial charge in [0.05, 0.1) is 11.3 Å². The van der Waals surface area contributed by atoms with Gasteiger partial charge in [0.15, 0.2) is 0 Å². The molecule has 0 spiro atoms. The van der Waals surface area contributed by atoms with Gasteiger partial charge in [-0.25, -0.2) is 0 Å². The number of halogens is 2. The molecule has 0 unspecified atom stereocenters. The van der Waals surface area contributed by atoms with Crippen molar-refractivity contribution in [2.75, 3.05) is 18.4 Å². The van der Waals surface area contributed by atoms with Gasteiger partial charge >= 0.3 is 0 Å². The van der Waals surface area contributed by atoms with Crippen LogP contribution in [0.3, 0.4) is 0 Å². The first-order valence-corrected chi connectivity index (χ1v) is 11.7. The van der Waals surface area contributed by atoms with Crippen LogP contribution in [0.2, 0.25) is 10.0 Å². The van der Waals surface area contributed by atoms with Crippen LogP contribution in [0.25, 0.3) is 11.4 Å². The minimum absolute atomic E-state index is 0.0812. The zero-order chi connectivity index (χ0) is 23.2. The average molecular weight is 487 g/mol. The van der Waals surface area contributed by atoms with Crippen molar-refractivity contribution in [3.8, 4) is 11.4 Å². The number of likely N-dealkylation sites (tertiary alicyclic amines) is 1. The lowest BCUT2D eigenvalue weighted by Crippen LogP contribution is -2.36. The number of rotatable bonds is 7. The number of nitrogens with zero attached hydrogens (tertiary/aromatic N) is 3. The minimum atomic E-state index is -0.206. The Kier molecular flexibility index (Phi) is 7.62. The third-order valence-corrected chi connectivity index (χ3v) is 5.98. The van der Waals surface area contributed by atoms with E-state index in [0.29, 0.717) is 45.9 Å². The van der Waals surface area contributed by atoms with Crippen LogP contribution in [0, 0.1) is 0 Å². The van der Waals surface area contributed by atoms with Crippen LogP contribution in [0.5, 0.6) is 0 Å². The lowest BCUT2D eigenvalue weighted by atomic mass is 10.1. The Morgan fingerprint density at radius 2 is 1.73 bits per heavy atom. The number of benzene rings is 2. The van der Waals surface area contributed by atoms with Crippen LogP contribution in [0.1, 0.15) is 48.4 Å². The lowest BCUT2D eigenvalue weighted by Gasteiger charge is -2.27. The van der Waals surface area contributed by atoms with Gasteiger partial charge in [-0.05, 0) is 68.1 Å². The van der Waals surface area contributed by atoms with E-state index >= 15 is 0 Å². The Morgan fingerprint density at radius 1 is 1.00 bits per heavy atom. The van der Waals surface area contributed by atoms with Gasteiger partial charge < -0.3 is 14.7 Å². The van der Waals surface area contributed by atoms with E-state index in [4.69, 9.17) is 27.7 Å². The highest BCUT2D eigenvalue weighted by molar-refractivity contribution is 6.31. The molecule has 0 saturated carbocycles. The molecule has 0 bridgehead atoms. The van der Waals surface area contributed by atoms with Gasteiger partial charge in [-0.2, -0.15) is 4.98 Å². The van der Waals surface area contributed by atoms with Gasteiger partial charge in [0.2, 0.25) is 17.6 Å². The number of piperidine rings is 1. The molecule has 4 rings (SSSR count). The summed E-state index contributed by atoms with van der Waals surface area (Å²) >= 11 is 12.0. The predicted molar refractivity (Wildman–Crippen MR) is 128 cm³/mol. The summed E-state index contributed by atoms with van der Waals surface area (Å²) in [5.74, 6) is 0.645. The molecule has 172 valence electrons. The zero-order valence-electron chi connectivity index (χ0n) is 18.0. The minimum Gasteiger partial charge on any atom is -0.339 e. The van der Waals surface area contributed by atoms with Crippen LogP contribution >= 0.6 is 23.2 Å². The van der Waals surface area contributed by atoms with Gasteiger partial charge in [0.25, 0.3) is 5.91 Å². The number of aryl methyl sites for hydroxylation is 1. The number of carbonyl (C=O) groups excluding carboxylic acids is 2. The predicted octanol–water partition coefficient (Wildman–Crippen LogP) is 5.63. The van der Waals surface area contributed by atoms with Crippen LogP contribution in [0.15, 0.2) is 47.0 Å². The molecular weight excluding hydrogens is 463 g/mol. The number of hydrogen-bond donors (Lipinski definition) is 1. The molecule has 3 aromatic rings. The molecule has 0 aliphatic carbocycles. The first-order chi connectivity index (χ1) is 16.0. The number of carbonyl (C=O) groups is 2. The van der Waals surface area contributed by atoms with Crippen LogP contribution in [0.4, 0.5) is 5.69 Å². The summed E-state index contributed by atoms with van der Waals surface area (Å²) < 4.78 is 5.29. The van der Waals surface area contributed by atoms with E-state index in [9.17, 15) is 9.59 Å². The molecule has 1 aliphatic heterocycles. The molecule has 2 amide bonds. The summed E-state index contributed by atoms with van der Waals surface area (Å²) in [4.78, 5) is 31.7. The first-order valence-electron chi connectivity index (χ1n) is 11.0. The number of anilines is 1. The molecule has 1 saturated heterocycles. The van der Waals surface area contributed by atoms with Gasteiger partial charge in [0.1, 0.15) is 0 Å². The Labute approximate surface area is 202 Å². The van der Waals surface area contributed by atoms with Crippen molar-refractivity contribution in [3.63, 3.8) is 0 Å². The summed E-state index contributed by atoms with van der Waals surface area (Å²) in [6, 6.07) is 12.1. The Balaban J connectivity index is 1.33. The Bertz CT molecular complexity index is 1120. The van der Waals surface area contributed by atoms with Crippen molar-refractivity contribution in [3.05, 3.63) is 64.0 Å². The van der Waals surface area contributed by atoms with Gasteiger partial charge in [0, 0.05) is 41.5 Å². The summed E-state index contributed by atoms with van der Waals surface area (Å²) in [6.45, 7) is 1.47. The second kappa shape index (κ2) is 10.8. The number of nitrogens with one attached hydrogen (secondary N) is 1. The SMILES string of the molecule is O=C(CCCc1nc(-c2ccc(Cl)cc2)no1)Nc1cc(Cl)ccc1C(=O)N1CCCCC1. The molecule has 9 heteroatoms. The summed E-state index contributed by atoms with van der Waals surface area (Å²) in [6.07, 6.45) is 4.35. The Hall–Kier alpha value is -2.90. The maximum atomic E-state index is 12.9. The highest BCUT2D eigenvalue weighted by Gasteiger charge is 2.22. The van der Waals surface area contributed by atoms with E-state index < -0.39 is 0 Å². The van der Waals surface area contributed by atoms with Crippen molar-refractivity contribution < 1.29 is 14.1 Å². The summed E-state index contributed by atoms with van der Waals surface area (Å²) in [7, 11) is 0. The second-order valence-electron chi connectivity index (χ2n) is 7.96. The molecule has 2 heterocycles. The monoisotopic (exact) mass is 486 g/mol. The largest absolute Gasteiger partial charge is 0.339 e. The molecule has 1 aliphatic rings. The van der Waals surface area contributed by atoms with E-state index in [1.54, 1.807) is 30.3 Å². The highest BCUT2D eigenvalue weighted by Crippen LogP contribution is 2.25. The summed E-state index contributed by atoms with van der Waals surface area (Å²) in [5.41, 5.74) is 1.70. The quantitative estimate of drug-likeness (QED) is 0.467. The number of amides is 2. The molecule has 0 atom stereocenters. The van der Waals surface area contributed by atoms with Gasteiger partial charge in [-0.15, -0.1) is 0 Å². The van der Waals surface area contributed by atoms with E-state index in [-0.39, 0.29) is 18.2 Å². The molecule has 1 aromatic heterocycles. The van der Waals surface area contributed by atoms with Crippen molar-refractivity contribution in [2.24, 2.45) is 0 Å². The highest BCUT2D eigenvalue weighted by atomic mass is 35.5. The molecule has 1 N–H and O–H groups in total. The van der Waals surface area contributed by atoms with Crippen molar-refractivity contribution in [2.45, 2.75) is 38.5 Å². The topological polar surface area (TPSA) is 88.3 Å².